The number of fused-ring (bicyclic) bond motifs is 1. The predicted molar refractivity (Wildman–Crippen MR) is 104 cm³/mol. The number of amides is 1. The number of benzene rings is 2. The molecule has 26 heavy (non-hydrogen) atoms. The van der Waals surface area contributed by atoms with Gasteiger partial charge in [0, 0.05) is 28.9 Å². The Labute approximate surface area is 160 Å². The van der Waals surface area contributed by atoms with Crippen molar-refractivity contribution < 1.29 is 9.53 Å². The van der Waals surface area contributed by atoms with E-state index in [0.29, 0.717) is 6.61 Å². The van der Waals surface area contributed by atoms with Crippen LogP contribution in [0.15, 0.2) is 47.8 Å². The molecule has 2 heterocycles. The van der Waals surface area contributed by atoms with Crippen LogP contribution < -0.4 is 10.1 Å². The van der Waals surface area contributed by atoms with E-state index in [4.69, 9.17) is 16.3 Å². The summed E-state index contributed by atoms with van der Waals surface area (Å²) in [6, 6.07) is 13.5. The molecule has 0 unspecified atom stereocenters. The topological polar surface area (TPSA) is 51.2 Å². The summed E-state index contributed by atoms with van der Waals surface area (Å²) >= 11 is 7.58. The molecule has 0 radical (unpaired) electrons. The molecular weight excluding hydrogens is 368 g/mol. The first-order chi connectivity index (χ1) is 12.7. The summed E-state index contributed by atoms with van der Waals surface area (Å²) in [5.41, 5.74) is 3.84. The number of halogens is 1. The first-order valence-electron chi connectivity index (χ1n) is 8.39. The molecule has 3 aromatic rings. The van der Waals surface area contributed by atoms with Crippen molar-refractivity contribution in [3.63, 3.8) is 0 Å². The minimum Gasteiger partial charge on any atom is -0.493 e. The minimum atomic E-state index is -0.0662. The van der Waals surface area contributed by atoms with Crippen LogP contribution in [-0.4, -0.2) is 17.5 Å². The first kappa shape index (κ1) is 17.1. The number of carbonyl (C=O) groups is 1. The van der Waals surface area contributed by atoms with E-state index in [9.17, 15) is 4.79 Å². The van der Waals surface area contributed by atoms with Crippen LogP contribution in [0.5, 0.6) is 5.75 Å². The Morgan fingerprint density at radius 2 is 2.19 bits per heavy atom. The van der Waals surface area contributed by atoms with E-state index in [-0.39, 0.29) is 12.3 Å². The molecule has 1 amide bonds. The lowest BCUT2D eigenvalue weighted by atomic mass is 10.1. The van der Waals surface area contributed by atoms with E-state index in [2.05, 4.69) is 10.3 Å². The number of ether oxygens (including phenoxy) is 1. The van der Waals surface area contributed by atoms with Crippen molar-refractivity contribution in [2.75, 3.05) is 11.9 Å². The molecule has 6 heteroatoms. The monoisotopic (exact) mass is 384 g/mol. The molecule has 4 nitrogen and oxygen atoms in total. The highest BCUT2D eigenvalue weighted by Gasteiger charge is 2.14. The fraction of sp³-hybridized carbons (Fsp3) is 0.200. The van der Waals surface area contributed by atoms with Crippen molar-refractivity contribution in [1.29, 1.82) is 0 Å². The van der Waals surface area contributed by atoms with Crippen molar-refractivity contribution >= 4 is 34.5 Å². The van der Waals surface area contributed by atoms with Crippen molar-refractivity contribution in [1.82, 2.24) is 4.98 Å². The molecule has 0 saturated heterocycles. The number of anilines is 1. The smallest absolute Gasteiger partial charge is 0.230 e. The molecule has 0 atom stereocenters. The van der Waals surface area contributed by atoms with Gasteiger partial charge >= 0.3 is 0 Å². The highest BCUT2D eigenvalue weighted by Crippen LogP contribution is 2.28. The molecule has 4 rings (SSSR count). The summed E-state index contributed by atoms with van der Waals surface area (Å²) < 4.78 is 5.48. The molecule has 132 valence electrons. The molecule has 0 saturated carbocycles. The second-order valence-electron chi connectivity index (χ2n) is 6.19. The predicted octanol–water partition coefficient (Wildman–Crippen LogP) is 4.50. The van der Waals surface area contributed by atoms with Gasteiger partial charge < -0.3 is 10.1 Å². The molecule has 1 N–H and O–H groups in total. The van der Waals surface area contributed by atoms with Crippen LogP contribution in [0, 0.1) is 0 Å². The van der Waals surface area contributed by atoms with E-state index in [1.165, 1.54) is 0 Å². The second kappa shape index (κ2) is 7.48. The van der Waals surface area contributed by atoms with Crippen LogP contribution in [0.2, 0.25) is 5.02 Å². The Balaban J connectivity index is 1.37. The van der Waals surface area contributed by atoms with Gasteiger partial charge in [0.05, 0.1) is 23.7 Å². The highest BCUT2D eigenvalue weighted by molar-refractivity contribution is 7.09. The van der Waals surface area contributed by atoms with E-state index < -0.39 is 0 Å². The Kier molecular flexibility index (Phi) is 4.91. The van der Waals surface area contributed by atoms with Gasteiger partial charge in [-0.1, -0.05) is 23.7 Å². The number of nitrogens with one attached hydrogen (secondary N) is 1. The molecule has 1 aliphatic heterocycles. The summed E-state index contributed by atoms with van der Waals surface area (Å²) in [5.74, 6) is 0.844. The number of hydrogen-bond acceptors (Lipinski definition) is 4. The lowest BCUT2D eigenvalue weighted by molar-refractivity contribution is -0.115. The van der Waals surface area contributed by atoms with Crippen LogP contribution in [0.25, 0.3) is 0 Å². The lowest BCUT2D eigenvalue weighted by Gasteiger charge is -2.06. The molecular formula is C20H17ClN2O2S. The van der Waals surface area contributed by atoms with Gasteiger partial charge in [-0.15, -0.1) is 11.3 Å². The third kappa shape index (κ3) is 4.06. The average molecular weight is 385 g/mol. The van der Waals surface area contributed by atoms with Crippen molar-refractivity contribution in [2.24, 2.45) is 0 Å². The quantitative estimate of drug-likeness (QED) is 0.704. The summed E-state index contributed by atoms with van der Waals surface area (Å²) in [6.45, 7) is 0.709. The average Bonchev–Trinajstić information content (AvgIpc) is 3.23. The Morgan fingerprint density at radius 1 is 1.27 bits per heavy atom. The second-order valence-corrected chi connectivity index (χ2v) is 7.56. The fourth-order valence-corrected chi connectivity index (χ4v) is 4.01. The zero-order valence-corrected chi connectivity index (χ0v) is 15.6. The number of thiazole rings is 1. The molecule has 1 aromatic heterocycles. The number of hydrogen-bond donors (Lipinski definition) is 1. The van der Waals surface area contributed by atoms with Gasteiger partial charge in [-0.3, -0.25) is 4.79 Å². The van der Waals surface area contributed by atoms with Gasteiger partial charge in [0.15, 0.2) is 0 Å². The SMILES string of the molecule is O=C(Cc1csc(Cc2cccc(Cl)c2)n1)Nc1ccc2c(c1)CCO2. The van der Waals surface area contributed by atoms with E-state index in [1.54, 1.807) is 11.3 Å². The third-order valence-electron chi connectivity index (χ3n) is 4.16. The number of carbonyl (C=O) groups excluding carboxylic acids is 1. The van der Waals surface area contributed by atoms with E-state index >= 15 is 0 Å². The third-order valence-corrected chi connectivity index (χ3v) is 5.29. The van der Waals surface area contributed by atoms with Gasteiger partial charge in [0.1, 0.15) is 5.75 Å². The van der Waals surface area contributed by atoms with Gasteiger partial charge in [-0.25, -0.2) is 4.98 Å². The highest BCUT2D eigenvalue weighted by atomic mass is 35.5. The van der Waals surface area contributed by atoms with Crippen LogP contribution in [0.1, 0.15) is 21.8 Å². The van der Waals surface area contributed by atoms with Gasteiger partial charge in [0.2, 0.25) is 5.91 Å². The molecule has 2 aromatic carbocycles. The standard InChI is InChI=1S/C20H17ClN2O2S/c21-15-3-1-2-13(8-15)9-20-23-17(12-26-20)11-19(24)22-16-4-5-18-14(10-16)6-7-25-18/h1-5,8,10,12H,6-7,9,11H2,(H,22,24). The molecule has 1 aliphatic rings. The zero-order chi connectivity index (χ0) is 17.9. The maximum atomic E-state index is 12.3. The van der Waals surface area contributed by atoms with E-state index in [0.717, 1.165) is 51.1 Å². The summed E-state index contributed by atoms with van der Waals surface area (Å²) in [5, 5.41) is 6.58. The molecule has 0 fully saturated rings. The van der Waals surface area contributed by atoms with Crippen LogP contribution in [0.4, 0.5) is 5.69 Å². The van der Waals surface area contributed by atoms with Crippen LogP contribution >= 0.6 is 22.9 Å². The Hall–Kier alpha value is -2.37. The van der Waals surface area contributed by atoms with E-state index in [1.807, 2.05) is 47.8 Å². The Morgan fingerprint density at radius 3 is 3.08 bits per heavy atom. The van der Waals surface area contributed by atoms with Crippen molar-refractivity contribution in [2.45, 2.75) is 19.3 Å². The first-order valence-corrected chi connectivity index (χ1v) is 9.65. The molecule has 0 bridgehead atoms. The molecule has 0 aliphatic carbocycles. The number of aromatic nitrogens is 1. The number of nitrogens with zero attached hydrogens (tertiary/aromatic N) is 1. The summed E-state index contributed by atoms with van der Waals surface area (Å²) in [7, 11) is 0. The number of rotatable bonds is 5. The minimum absolute atomic E-state index is 0.0662. The Bertz CT molecular complexity index is 954. The van der Waals surface area contributed by atoms with Crippen LogP contribution in [-0.2, 0) is 24.1 Å². The van der Waals surface area contributed by atoms with Crippen LogP contribution in [0.3, 0.4) is 0 Å². The summed E-state index contributed by atoms with van der Waals surface area (Å²) in [6.07, 6.45) is 1.87. The largest absolute Gasteiger partial charge is 0.493 e. The van der Waals surface area contributed by atoms with Gasteiger partial charge in [0.25, 0.3) is 0 Å². The lowest BCUT2D eigenvalue weighted by Crippen LogP contribution is -2.14. The molecule has 0 spiro atoms. The van der Waals surface area contributed by atoms with Crippen molar-refractivity contribution in [3.05, 3.63) is 74.7 Å². The fourth-order valence-electron chi connectivity index (χ4n) is 2.97. The normalized spacial score (nSPS) is 12.5. The van der Waals surface area contributed by atoms with Gasteiger partial charge in [-0.2, -0.15) is 0 Å². The summed E-state index contributed by atoms with van der Waals surface area (Å²) in [4.78, 5) is 16.9. The maximum absolute atomic E-state index is 12.3. The maximum Gasteiger partial charge on any atom is 0.230 e. The zero-order valence-electron chi connectivity index (χ0n) is 14.0. The van der Waals surface area contributed by atoms with Crippen molar-refractivity contribution in [3.8, 4) is 5.75 Å². The van der Waals surface area contributed by atoms with Gasteiger partial charge in [-0.05, 0) is 41.5 Å².